The van der Waals surface area contributed by atoms with Gasteiger partial charge in [-0.25, -0.2) is 28.1 Å². The van der Waals surface area contributed by atoms with Gasteiger partial charge in [-0.2, -0.15) is 0 Å². The molecule has 7 nitrogen and oxygen atoms in total. The van der Waals surface area contributed by atoms with Crippen LogP contribution >= 0.6 is 0 Å². The number of methoxy groups -OCH3 is 1. The van der Waals surface area contributed by atoms with Crippen LogP contribution in [0.25, 0.3) is 0 Å². The number of rotatable bonds is 7. The normalized spacial score (nSPS) is 19.2. The second-order valence-corrected chi connectivity index (χ2v) is 7.89. The number of aryl methyl sites for hydroxylation is 2. The van der Waals surface area contributed by atoms with Crippen molar-refractivity contribution in [3.63, 3.8) is 0 Å². The predicted molar refractivity (Wildman–Crippen MR) is 113 cm³/mol. The van der Waals surface area contributed by atoms with Gasteiger partial charge < -0.3 is 14.8 Å². The monoisotopic (exact) mass is 458 g/mol. The molecule has 2 atom stereocenters. The molecule has 0 unspecified atom stereocenters. The molecule has 0 radical (unpaired) electrons. The summed E-state index contributed by atoms with van der Waals surface area (Å²) in [6.07, 6.45) is 2.80. The van der Waals surface area contributed by atoms with E-state index in [0.29, 0.717) is 29.3 Å². The molecule has 1 aliphatic carbocycles. The van der Waals surface area contributed by atoms with Crippen LogP contribution in [0.4, 0.5) is 19.0 Å². The average Bonchev–Trinajstić information content (AvgIpc) is 3.52. The fraction of sp³-hybridized carbons (Fsp3) is 0.304. The standard InChI is InChI=1S/C23H21F3N4O3/c1-12-20(10-27-13(2)29-12)33-11-23(14-4-5-16(24)17(25)6-14)8-15(23)22(31)30-21-7-19(32-3)18(26)9-28-21/h4-7,9-10,15H,8,11H2,1-3H3,(H,28,30,31)/t15-,23+/m0/s1. The van der Waals surface area contributed by atoms with Crippen LogP contribution in [-0.4, -0.2) is 34.6 Å². The quantitative estimate of drug-likeness (QED) is 0.578. The molecule has 0 spiro atoms. The van der Waals surface area contributed by atoms with E-state index in [1.54, 1.807) is 13.8 Å². The Hall–Kier alpha value is -3.69. The van der Waals surface area contributed by atoms with E-state index in [1.165, 1.54) is 25.4 Å². The number of ether oxygens (including phenoxy) is 2. The van der Waals surface area contributed by atoms with E-state index in [4.69, 9.17) is 9.47 Å². The van der Waals surface area contributed by atoms with Crippen molar-refractivity contribution < 1.29 is 27.4 Å². The first kappa shape index (κ1) is 22.5. The number of anilines is 1. The summed E-state index contributed by atoms with van der Waals surface area (Å²) in [5, 5.41) is 2.63. The van der Waals surface area contributed by atoms with Gasteiger partial charge in [-0.1, -0.05) is 6.07 Å². The Bertz CT molecular complexity index is 1220. The van der Waals surface area contributed by atoms with Crippen molar-refractivity contribution in [3.05, 3.63) is 71.2 Å². The number of pyridine rings is 1. The Labute approximate surface area is 188 Å². The topological polar surface area (TPSA) is 86.2 Å². The van der Waals surface area contributed by atoms with Crippen LogP contribution in [0.1, 0.15) is 23.5 Å². The first-order valence-electron chi connectivity index (χ1n) is 10.1. The van der Waals surface area contributed by atoms with Crippen molar-refractivity contribution in [2.24, 2.45) is 5.92 Å². The van der Waals surface area contributed by atoms with E-state index in [-0.39, 0.29) is 18.2 Å². The molecule has 1 N–H and O–H groups in total. The number of aromatic nitrogens is 3. The molecule has 172 valence electrons. The maximum Gasteiger partial charge on any atom is 0.229 e. The van der Waals surface area contributed by atoms with Gasteiger partial charge in [-0.3, -0.25) is 4.79 Å². The maximum atomic E-state index is 14.0. The summed E-state index contributed by atoms with van der Waals surface area (Å²) in [6, 6.07) is 4.79. The summed E-state index contributed by atoms with van der Waals surface area (Å²) in [4.78, 5) is 25.2. The van der Waals surface area contributed by atoms with Crippen molar-refractivity contribution in [2.45, 2.75) is 25.7 Å². The molecule has 4 rings (SSSR count). The number of hydrogen-bond acceptors (Lipinski definition) is 6. The van der Waals surface area contributed by atoms with Crippen LogP contribution in [0.2, 0.25) is 0 Å². The molecule has 2 heterocycles. The van der Waals surface area contributed by atoms with Gasteiger partial charge in [0.1, 0.15) is 11.6 Å². The Morgan fingerprint density at radius 1 is 1.09 bits per heavy atom. The molecule has 33 heavy (non-hydrogen) atoms. The summed E-state index contributed by atoms with van der Waals surface area (Å²) in [5.74, 6) is -2.65. The molecule has 3 aromatic rings. The van der Waals surface area contributed by atoms with Crippen molar-refractivity contribution in [1.29, 1.82) is 0 Å². The highest BCUT2D eigenvalue weighted by atomic mass is 19.2. The van der Waals surface area contributed by atoms with E-state index >= 15 is 0 Å². The molecule has 2 aromatic heterocycles. The minimum atomic E-state index is -1.02. The molecule has 1 amide bonds. The van der Waals surface area contributed by atoms with Crippen molar-refractivity contribution in [1.82, 2.24) is 15.0 Å². The lowest BCUT2D eigenvalue weighted by molar-refractivity contribution is -0.117. The minimum Gasteiger partial charge on any atom is -0.493 e. The second-order valence-electron chi connectivity index (χ2n) is 7.89. The van der Waals surface area contributed by atoms with Crippen LogP contribution < -0.4 is 14.8 Å². The number of carbonyl (C=O) groups is 1. The summed E-state index contributed by atoms with van der Waals surface area (Å²) in [7, 11) is 1.30. The zero-order valence-corrected chi connectivity index (χ0v) is 18.2. The zero-order chi connectivity index (χ0) is 23.8. The lowest BCUT2D eigenvalue weighted by Crippen LogP contribution is -2.27. The van der Waals surface area contributed by atoms with Crippen LogP contribution in [0.3, 0.4) is 0 Å². The van der Waals surface area contributed by atoms with Crippen molar-refractivity contribution >= 4 is 11.7 Å². The van der Waals surface area contributed by atoms with E-state index in [9.17, 15) is 18.0 Å². The Kier molecular flexibility index (Phi) is 5.92. The van der Waals surface area contributed by atoms with Crippen LogP contribution in [0.15, 0.2) is 36.7 Å². The number of carbonyl (C=O) groups excluding carboxylic acids is 1. The number of hydrogen-bond donors (Lipinski definition) is 1. The molecule has 1 fully saturated rings. The van der Waals surface area contributed by atoms with Crippen LogP contribution in [0.5, 0.6) is 11.5 Å². The smallest absolute Gasteiger partial charge is 0.229 e. The number of amides is 1. The highest BCUT2D eigenvalue weighted by Crippen LogP contribution is 2.55. The second kappa shape index (κ2) is 8.68. The number of nitrogens with zero attached hydrogens (tertiary/aromatic N) is 3. The third-order valence-electron chi connectivity index (χ3n) is 5.72. The summed E-state index contributed by atoms with van der Waals surface area (Å²) >= 11 is 0. The van der Waals surface area contributed by atoms with Gasteiger partial charge in [0.25, 0.3) is 0 Å². The van der Waals surface area contributed by atoms with Gasteiger partial charge >= 0.3 is 0 Å². The first-order valence-corrected chi connectivity index (χ1v) is 10.1. The van der Waals surface area contributed by atoms with Gasteiger partial charge in [-0.15, -0.1) is 0 Å². The minimum absolute atomic E-state index is 0.0174. The van der Waals surface area contributed by atoms with Crippen LogP contribution in [-0.2, 0) is 10.2 Å². The highest BCUT2D eigenvalue weighted by molar-refractivity contribution is 5.95. The SMILES string of the molecule is COc1cc(NC(=O)[C@@H]2C[C@@]2(COc2cnc(C)nc2C)c2ccc(F)c(F)c2)ncc1F. The Morgan fingerprint density at radius 3 is 2.58 bits per heavy atom. The summed E-state index contributed by atoms with van der Waals surface area (Å²) < 4.78 is 52.0. The zero-order valence-electron chi connectivity index (χ0n) is 18.2. The fourth-order valence-corrected chi connectivity index (χ4v) is 3.80. The first-order chi connectivity index (χ1) is 15.7. The number of nitrogens with one attached hydrogen (secondary N) is 1. The maximum absolute atomic E-state index is 14.0. The van der Waals surface area contributed by atoms with Crippen LogP contribution in [0, 0.1) is 37.2 Å². The van der Waals surface area contributed by atoms with Gasteiger partial charge in [0, 0.05) is 11.5 Å². The van der Waals surface area contributed by atoms with Gasteiger partial charge in [0.05, 0.1) is 37.7 Å². The molecule has 1 saturated carbocycles. The third kappa shape index (κ3) is 4.46. The van der Waals surface area contributed by atoms with Gasteiger partial charge in [-0.05, 0) is 38.0 Å². The Morgan fingerprint density at radius 2 is 1.88 bits per heavy atom. The largest absolute Gasteiger partial charge is 0.493 e. The Balaban J connectivity index is 1.59. The predicted octanol–water partition coefficient (Wildman–Crippen LogP) is 3.89. The van der Waals surface area contributed by atoms with E-state index in [0.717, 1.165) is 18.3 Å². The fourth-order valence-electron chi connectivity index (χ4n) is 3.80. The molecule has 1 aliphatic rings. The molecule has 0 bridgehead atoms. The summed E-state index contributed by atoms with van der Waals surface area (Å²) in [5.41, 5.74) is 0.143. The lowest BCUT2D eigenvalue weighted by atomic mass is 9.93. The van der Waals surface area contributed by atoms with Gasteiger partial charge in [0.2, 0.25) is 5.91 Å². The van der Waals surface area contributed by atoms with E-state index in [1.807, 2.05) is 0 Å². The van der Waals surface area contributed by atoms with Crippen molar-refractivity contribution in [3.8, 4) is 11.5 Å². The molecular weight excluding hydrogens is 437 g/mol. The third-order valence-corrected chi connectivity index (χ3v) is 5.72. The molecule has 1 aromatic carbocycles. The lowest BCUT2D eigenvalue weighted by Gasteiger charge is -2.20. The highest BCUT2D eigenvalue weighted by Gasteiger charge is 2.60. The summed E-state index contributed by atoms with van der Waals surface area (Å²) in [6.45, 7) is 3.53. The molecule has 0 aliphatic heterocycles. The number of benzene rings is 1. The van der Waals surface area contributed by atoms with E-state index < -0.39 is 34.7 Å². The number of halogens is 3. The molecule has 10 heteroatoms. The van der Waals surface area contributed by atoms with Crippen molar-refractivity contribution in [2.75, 3.05) is 19.0 Å². The molecule has 0 saturated heterocycles. The average molecular weight is 458 g/mol. The molecular formula is C23H21F3N4O3. The van der Waals surface area contributed by atoms with Gasteiger partial charge in [0.15, 0.2) is 29.0 Å². The van der Waals surface area contributed by atoms with E-state index in [2.05, 4.69) is 20.3 Å².